The molecule has 2 aliphatic rings. The Morgan fingerprint density at radius 1 is 1.29 bits per heavy atom. The van der Waals surface area contributed by atoms with Crippen LogP contribution in [0.15, 0.2) is 15.7 Å². The van der Waals surface area contributed by atoms with Gasteiger partial charge in [-0.15, -0.1) is 12.4 Å². The highest BCUT2D eigenvalue weighted by atomic mass is 35.5. The minimum absolute atomic E-state index is 0. The number of fused-ring (bicyclic) bond motifs is 1. The van der Waals surface area contributed by atoms with E-state index in [-0.39, 0.29) is 47.2 Å². The zero-order chi connectivity index (χ0) is 19.5. The van der Waals surface area contributed by atoms with Gasteiger partial charge < -0.3 is 21.2 Å². The van der Waals surface area contributed by atoms with Crippen LogP contribution < -0.4 is 32.5 Å². The van der Waals surface area contributed by atoms with E-state index >= 15 is 4.39 Å². The molecule has 4 N–H and O–H groups in total. The van der Waals surface area contributed by atoms with Crippen LogP contribution in [0, 0.1) is 11.7 Å². The second-order valence-corrected chi connectivity index (χ2v) is 7.55. The summed E-state index contributed by atoms with van der Waals surface area (Å²) in [5.74, 6) is 5.53. The molecule has 0 amide bonds. The van der Waals surface area contributed by atoms with E-state index in [0.29, 0.717) is 23.3 Å². The molecule has 1 aliphatic heterocycles. The van der Waals surface area contributed by atoms with Gasteiger partial charge in [-0.1, -0.05) is 0 Å². The van der Waals surface area contributed by atoms with Crippen LogP contribution in [0.25, 0.3) is 10.9 Å². The summed E-state index contributed by atoms with van der Waals surface area (Å²) in [6, 6.07) is 1.10. The van der Waals surface area contributed by atoms with Crippen LogP contribution in [0.4, 0.5) is 10.1 Å². The van der Waals surface area contributed by atoms with Crippen LogP contribution in [0.5, 0.6) is 5.75 Å². The van der Waals surface area contributed by atoms with E-state index in [9.17, 15) is 9.59 Å². The van der Waals surface area contributed by atoms with Crippen LogP contribution >= 0.6 is 12.4 Å². The number of methoxy groups -OCH3 is 1. The molecular weight excluding hydrogens is 389 g/mol. The summed E-state index contributed by atoms with van der Waals surface area (Å²) in [6.07, 6.45) is 2.46. The summed E-state index contributed by atoms with van der Waals surface area (Å²) in [6.45, 7) is 3.17. The zero-order valence-electron chi connectivity index (χ0n) is 15.9. The van der Waals surface area contributed by atoms with Crippen molar-refractivity contribution in [3.8, 4) is 5.75 Å². The zero-order valence-corrected chi connectivity index (χ0v) is 16.7. The highest BCUT2D eigenvalue weighted by Crippen LogP contribution is 2.43. The van der Waals surface area contributed by atoms with E-state index in [1.54, 1.807) is 0 Å². The predicted molar refractivity (Wildman–Crippen MR) is 109 cm³/mol. The van der Waals surface area contributed by atoms with E-state index in [4.69, 9.17) is 16.3 Å². The van der Waals surface area contributed by atoms with Crippen LogP contribution in [-0.4, -0.2) is 35.5 Å². The van der Waals surface area contributed by atoms with Gasteiger partial charge in [0, 0.05) is 25.2 Å². The Morgan fingerprint density at radius 3 is 2.50 bits per heavy atom. The van der Waals surface area contributed by atoms with Gasteiger partial charge in [0.25, 0.3) is 5.56 Å². The van der Waals surface area contributed by atoms with Gasteiger partial charge in [0.15, 0.2) is 11.6 Å². The van der Waals surface area contributed by atoms with Gasteiger partial charge in [-0.25, -0.2) is 9.18 Å². The molecule has 2 fully saturated rings. The Morgan fingerprint density at radius 2 is 1.96 bits per heavy atom. The molecule has 28 heavy (non-hydrogen) atoms. The van der Waals surface area contributed by atoms with E-state index < -0.39 is 17.1 Å². The Labute approximate surface area is 167 Å². The number of hydrogen-bond donors (Lipinski definition) is 2. The van der Waals surface area contributed by atoms with Gasteiger partial charge in [-0.05, 0) is 38.2 Å². The van der Waals surface area contributed by atoms with Crippen molar-refractivity contribution in [3.05, 3.63) is 32.7 Å². The molecule has 2 heterocycles. The third kappa shape index (κ3) is 3.02. The molecule has 10 heteroatoms. The minimum Gasteiger partial charge on any atom is -0.492 e. The lowest BCUT2D eigenvalue weighted by atomic mass is 10.0. The van der Waals surface area contributed by atoms with Crippen LogP contribution in [0.1, 0.15) is 32.2 Å². The number of anilines is 1. The smallest absolute Gasteiger partial charge is 0.350 e. The molecule has 1 aromatic carbocycles. The first-order valence-electron chi connectivity index (χ1n) is 9.18. The molecule has 1 aromatic heterocycles. The maximum Gasteiger partial charge on any atom is 0.350 e. The van der Waals surface area contributed by atoms with Crippen LogP contribution in [0.3, 0.4) is 0 Å². The van der Waals surface area contributed by atoms with Gasteiger partial charge >= 0.3 is 5.69 Å². The van der Waals surface area contributed by atoms with Crippen LogP contribution in [-0.2, 0) is 0 Å². The van der Waals surface area contributed by atoms with Crippen LogP contribution in [0.2, 0.25) is 0 Å². The van der Waals surface area contributed by atoms with Crippen molar-refractivity contribution in [2.24, 2.45) is 11.7 Å². The van der Waals surface area contributed by atoms with Gasteiger partial charge in [-0.3, -0.25) is 9.36 Å². The first kappa shape index (κ1) is 20.5. The number of benzene rings is 1. The monoisotopic (exact) mass is 413 g/mol. The summed E-state index contributed by atoms with van der Waals surface area (Å²) < 4.78 is 22.6. The molecule has 4 rings (SSSR count). The van der Waals surface area contributed by atoms with E-state index in [1.807, 2.05) is 11.8 Å². The Kier molecular flexibility index (Phi) is 5.33. The second-order valence-electron chi connectivity index (χ2n) is 7.55. The number of hydrogen-bond acceptors (Lipinski definition) is 6. The standard InChI is InChI=1S/C18H24FN5O3.ClH/c1-9(20)10-5-6-22(8-10)15-13(19)7-12-14(16(15)27-2)23(11-3-4-11)18(26)24(21)17(12)25;/h7,9-11H,3-6,8,20-21H2,1-2H3;1H/t9-,10?;/m1./s1. The van der Waals surface area contributed by atoms with E-state index in [0.717, 1.165) is 25.3 Å². The Balaban J connectivity index is 0.00000225. The molecule has 1 unspecified atom stereocenters. The van der Waals surface area contributed by atoms with Gasteiger partial charge in [0.2, 0.25) is 0 Å². The third-order valence-electron chi connectivity index (χ3n) is 5.69. The van der Waals surface area contributed by atoms with Crippen molar-refractivity contribution in [3.63, 3.8) is 0 Å². The normalized spacial score (nSPS) is 20.3. The summed E-state index contributed by atoms with van der Waals surface area (Å²) in [4.78, 5) is 27.0. The summed E-state index contributed by atoms with van der Waals surface area (Å²) in [7, 11) is 1.42. The number of halogens is 2. The molecule has 1 aliphatic carbocycles. The highest BCUT2D eigenvalue weighted by Gasteiger charge is 2.34. The maximum absolute atomic E-state index is 15.1. The topological polar surface area (TPSA) is 109 Å². The molecule has 154 valence electrons. The molecule has 2 aromatic rings. The third-order valence-corrected chi connectivity index (χ3v) is 5.69. The average molecular weight is 414 g/mol. The molecule has 8 nitrogen and oxygen atoms in total. The van der Waals surface area contributed by atoms with Gasteiger partial charge in [-0.2, -0.15) is 4.68 Å². The number of nitrogens with zero attached hydrogens (tertiary/aromatic N) is 3. The summed E-state index contributed by atoms with van der Waals surface area (Å²) in [5.41, 5.74) is 5.26. The van der Waals surface area contributed by atoms with Gasteiger partial charge in [0.1, 0.15) is 11.2 Å². The lowest BCUT2D eigenvalue weighted by molar-refractivity contribution is 0.412. The molecule has 1 saturated carbocycles. The first-order chi connectivity index (χ1) is 12.8. The van der Waals surface area contributed by atoms with Crippen molar-refractivity contribution in [2.75, 3.05) is 30.9 Å². The van der Waals surface area contributed by atoms with Crippen molar-refractivity contribution in [1.29, 1.82) is 0 Å². The number of ether oxygens (including phenoxy) is 1. The lowest BCUT2D eigenvalue weighted by Gasteiger charge is -2.25. The van der Waals surface area contributed by atoms with E-state index in [1.165, 1.54) is 11.7 Å². The quantitative estimate of drug-likeness (QED) is 0.722. The average Bonchev–Trinajstić information content (AvgIpc) is 3.35. The Hall–Kier alpha value is -2.26. The van der Waals surface area contributed by atoms with Crippen molar-refractivity contribution < 1.29 is 9.13 Å². The number of nitrogen functional groups attached to an aromatic ring is 1. The number of nitrogens with two attached hydrogens (primary N) is 2. The molecule has 0 spiro atoms. The fraction of sp³-hybridized carbons (Fsp3) is 0.556. The molecule has 2 atom stereocenters. The number of aromatic nitrogens is 2. The predicted octanol–water partition coefficient (Wildman–Crippen LogP) is 0.955. The Bertz CT molecular complexity index is 1030. The van der Waals surface area contributed by atoms with Crippen molar-refractivity contribution in [1.82, 2.24) is 9.24 Å². The second kappa shape index (κ2) is 7.29. The fourth-order valence-corrected chi connectivity index (χ4v) is 4.02. The SMILES string of the molecule is COc1c(N2CCC([C@@H](C)N)C2)c(F)cc2c(=O)n(N)c(=O)n(C3CC3)c12.Cl. The fourth-order valence-electron chi connectivity index (χ4n) is 4.02. The summed E-state index contributed by atoms with van der Waals surface area (Å²) >= 11 is 0. The molecule has 1 saturated heterocycles. The highest BCUT2D eigenvalue weighted by molar-refractivity contribution is 5.91. The molecule has 0 bridgehead atoms. The lowest BCUT2D eigenvalue weighted by Crippen LogP contribution is -2.44. The van der Waals surface area contributed by atoms with Crippen molar-refractivity contribution in [2.45, 2.75) is 38.3 Å². The number of rotatable bonds is 4. The summed E-state index contributed by atoms with van der Waals surface area (Å²) in [5, 5.41) is 0.0463. The maximum atomic E-state index is 15.1. The van der Waals surface area contributed by atoms with E-state index in [2.05, 4.69) is 0 Å². The molecular formula is C18H25ClFN5O3. The van der Waals surface area contributed by atoms with Crippen molar-refractivity contribution >= 4 is 29.0 Å². The first-order valence-corrected chi connectivity index (χ1v) is 9.18. The largest absolute Gasteiger partial charge is 0.492 e. The van der Waals surface area contributed by atoms with Gasteiger partial charge in [0.05, 0.1) is 12.5 Å². The minimum atomic E-state index is -0.731. The molecule has 0 radical (unpaired) electrons.